The number of carbonyl (C=O) groups excluding carboxylic acids is 2. The molecule has 2 aromatic carbocycles. The van der Waals surface area contributed by atoms with Gasteiger partial charge in [-0.1, -0.05) is 61.0 Å². The van der Waals surface area contributed by atoms with Crippen LogP contribution in [0.3, 0.4) is 0 Å². The van der Waals surface area contributed by atoms with Gasteiger partial charge in [-0.05, 0) is 36.6 Å². The van der Waals surface area contributed by atoms with E-state index >= 15 is 0 Å². The van der Waals surface area contributed by atoms with Crippen molar-refractivity contribution in [2.24, 2.45) is 0 Å². The number of hydrogen-bond acceptors (Lipinski definition) is 2. The van der Waals surface area contributed by atoms with Crippen LogP contribution in [0.2, 0.25) is 5.02 Å². The molecule has 5 heteroatoms. The van der Waals surface area contributed by atoms with Crippen molar-refractivity contribution < 1.29 is 9.59 Å². The van der Waals surface area contributed by atoms with Crippen LogP contribution in [-0.4, -0.2) is 22.8 Å². The van der Waals surface area contributed by atoms with E-state index in [-0.39, 0.29) is 11.8 Å². The molecule has 26 heavy (non-hydrogen) atoms. The van der Waals surface area contributed by atoms with E-state index < -0.39 is 6.04 Å². The fraction of sp³-hybridized carbons (Fsp3) is 0.333. The first-order chi connectivity index (χ1) is 12.5. The molecule has 0 aliphatic heterocycles. The van der Waals surface area contributed by atoms with Crippen LogP contribution in [0.4, 0.5) is 0 Å². The van der Waals surface area contributed by atoms with Crippen LogP contribution in [0.25, 0.3) is 0 Å². The van der Waals surface area contributed by atoms with Crippen molar-refractivity contribution in [2.45, 2.75) is 45.8 Å². The second-order valence-electron chi connectivity index (χ2n) is 6.28. The standard InChI is InChI=1S/C21H25ClN2O2/c1-3-7-20(25)24(15-18-10-12-19(22)13-11-18)16(2)21(26)23-14-17-8-5-4-6-9-17/h4-6,8-13,16H,3,7,14-15H2,1-2H3,(H,23,26). The average molecular weight is 373 g/mol. The van der Waals surface area contributed by atoms with E-state index in [0.717, 1.165) is 17.5 Å². The SMILES string of the molecule is CCCC(=O)N(Cc1ccc(Cl)cc1)C(C)C(=O)NCc1ccccc1. The van der Waals surface area contributed by atoms with Gasteiger partial charge in [0.25, 0.3) is 0 Å². The molecule has 0 heterocycles. The van der Waals surface area contributed by atoms with Crippen molar-refractivity contribution in [2.75, 3.05) is 0 Å². The predicted octanol–water partition coefficient (Wildman–Crippen LogP) is 4.17. The van der Waals surface area contributed by atoms with Gasteiger partial charge < -0.3 is 10.2 Å². The molecular formula is C21H25ClN2O2. The van der Waals surface area contributed by atoms with Crippen LogP contribution in [-0.2, 0) is 22.7 Å². The molecule has 1 atom stereocenters. The van der Waals surface area contributed by atoms with Crippen molar-refractivity contribution >= 4 is 23.4 Å². The molecule has 0 saturated carbocycles. The maximum Gasteiger partial charge on any atom is 0.242 e. The first kappa shape index (κ1) is 20.0. The van der Waals surface area contributed by atoms with Gasteiger partial charge in [0.05, 0.1) is 0 Å². The van der Waals surface area contributed by atoms with Gasteiger partial charge in [0, 0.05) is 24.5 Å². The van der Waals surface area contributed by atoms with E-state index in [1.165, 1.54) is 0 Å². The zero-order valence-electron chi connectivity index (χ0n) is 15.2. The predicted molar refractivity (Wildman–Crippen MR) is 105 cm³/mol. The molecule has 1 unspecified atom stereocenters. The minimum absolute atomic E-state index is 0.0233. The van der Waals surface area contributed by atoms with Crippen molar-refractivity contribution in [3.63, 3.8) is 0 Å². The summed E-state index contributed by atoms with van der Waals surface area (Å²) in [5, 5.41) is 3.56. The highest BCUT2D eigenvalue weighted by Crippen LogP contribution is 2.15. The quantitative estimate of drug-likeness (QED) is 0.755. The van der Waals surface area contributed by atoms with Crippen LogP contribution in [0.5, 0.6) is 0 Å². The van der Waals surface area contributed by atoms with Crippen LogP contribution < -0.4 is 5.32 Å². The van der Waals surface area contributed by atoms with Crippen LogP contribution >= 0.6 is 11.6 Å². The molecule has 0 bridgehead atoms. The molecule has 2 rings (SSSR count). The molecule has 2 aromatic rings. The Labute approximate surface area is 160 Å². The van der Waals surface area contributed by atoms with Crippen molar-refractivity contribution in [1.29, 1.82) is 0 Å². The summed E-state index contributed by atoms with van der Waals surface area (Å²) in [5.41, 5.74) is 1.97. The minimum atomic E-state index is -0.548. The lowest BCUT2D eigenvalue weighted by atomic mass is 10.1. The Morgan fingerprint density at radius 2 is 1.69 bits per heavy atom. The molecule has 1 N–H and O–H groups in total. The lowest BCUT2D eigenvalue weighted by molar-refractivity contribution is -0.140. The Morgan fingerprint density at radius 3 is 2.31 bits per heavy atom. The second kappa shape index (κ2) is 9.97. The van der Waals surface area contributed by atoms with Crippen LogP contribution in [0.1, 0.15) is 37.8 Å². The van der Waals surface area contributed by atoms with E-state index in [0.29, 0.717) is 24.5 Å². The molecule has 0 fully saturated rings. The first-order valence-corrected chi connectivity index (χ1v) is 9.24. The Hall–Kier alpha value is -2.33. The van der Waals surface area contributed by atoms with E-state index in [1.54, 1.807) is 24.0 Å². The lowest BCUT2D eigenvalue weighted by Gasteiger charge is -2.29. The Morgan fingerprint density at radius 1 is 1.04 bits per heavy atom. The van der Waals surface area contributed by atoms with Gasteiger partial charge in [-0.15, -0.1) is 0 Å². The number of nitrogens with zero attached hydrogens (tertiary/aromatic N) is 1. The van der Waals surface area contributed by atoms with Gasteiger partial charge >= 0.3 is 0 Å². The van der Waals surface area contributed by atoms with Gasteiger partial charge in [0.1, 0.15) is 6.04 Å². The summed E-state index contributed by atoms with van der Waals surface area (Å²) >= 11 is 5.93. The molecule has 0 saturated heterocycles. The summed E-state index contributed by atoms with van der Waals surface area (Å²) in [7, 11) is 0. The number of rotatable bonds is 8. The first-order valence-electron chi connectivity index (χ1n) is 8.86. The molecule has 0 aromatic heterocycles. The number of carbonyl (C=O) groups is 2. The normalized spacial score (nSPS) is 11.7. The smallest absolute Gasteiger partial charge is 0.242 e. The van der Waals surface area contributed by atoms with Gasteiger partial charge in [-0.25, -0.2) is 0 Å². The van der Waals surface area contributed by atoms with Crippen molar-refractivity contribution in [3.05, 3.63) is 70.7 Å². The summed E-state index contributed by atoms with van der Waals surface area (Å²) < 4.78 is 0. The third-order valence-electron chi connectivity index (χ3n) is 4.21. The topological polar surface area (TPSA) is 49.4 Å². The average Bonchev–Trinajstić information content (AvgIpc) is 2.66. The number of nitrogens with one attached hydrogen (secondary N) is 1. The van der Waals surface area contributed by atoms with Crippen LogP contribution in [0.15, 0.2) is 54.6 Å². The van der Waals surface area contributed by atoms with Crippen LogP contribution in [0, 0.1) is 0 Å². The highest BCUT2D eigenvalue weighted by molar-refractivity contribution is 6.30. The summed E-state index contributed by atoms with van der Waals surface area (Å²) in [6.07, 6.45) is 1.16. The Balaban J connectivity index is 2.05. The Kier molecular flexibility index (Phi) is 7.67. The number of hydrogen-bond donors (Lipinski definition) is 1. The highest BCUT2D eigenvalue weighted by atomic mass is 35.5. The summed E-state index contributed by atoms with van der Waals surface area (Å²) in [4.78, 5) is 26.8. The molecule has 2 amide bonds. The van der Waals surface area contributed by atoms with E-state index in [2.05, 4.69) is 5.32 Å². The fourth-order valence-electron chi connectivity index (χ4n) is 2.66. The largest absolute Gasteiger partial charge is 0.350 e. The lowest BCUT2D eigenvalue weighted by Crippen LogP contribution is -2.47. The highest BCUT2D eigenvalue weighted by Gasteiger charge is 2.25. The molecule has 0 spiro atoms. The monoisotopic (exact) mass is 372 g/mol. The molecule has 0 aliphatic carbocycles. The second-order valence-corrected chi connectivity index (χ2v) is 6.71. The number of benzene rings is 2. The third kappa shape index (κ3) is 5.88. The maximum atomic E-state index is 12.6. The number of amides is 2. The molecule has 138 valence electrons. The van der Waals surface area contributed by atoms with Gasteiger partial charge in [0.2, 0.25) is 11.8 Å². The molecular weight excluding hydrogens is 348 g/mol. The zero-order chi connectivity index (χ0) is 18.9. The summed E-state index contributed by atoms with van der Waals surface area (Å²) in [5.74, 6) is -0.183. The van der Waals surface area contributed by atoms with E-state index in [9.17, 15) is 9.59 Å². The maximum absolute atomic E-state index is 12.6. The fourth-order valence-corrected chi connectivity index (χ4v) is 2.79. The van der Waals surface area contributed by atoms with Gasteiger partial charge in [0.15, 0.2) is 0 Å². The minimum Gasteiger partial charge on any atom is -0.350 e. The molecule has 0 radical (unpaired) electrons. The van der Waals surface area contributed by atoms with E-state index in [4.69, 9.17) is 11.6 Å². The van der Waals surface area contributed by atoms with E-state index in [1.807, 2.05) is 49.4 Å². The van der Waals surface area contributed by atoms with Crippen molar-refractivity contribution in [1.82, 2.24) is 10.2 Å². The van der Waals surface area contributed by atoms with Crippen molar-refractivity contribution in [3.8, 4) is 0 Å². The Bertz CT molecular complexity index is 717. The number of halogens is 1. The third-order valence-corrected chi connectivity index (χ3v) is 4.46. The summed E-state index contributed by atoms with van der Waals surface area (Å²) in [6.45, 7) is 4.55. The van der Waals surface area contributed by atoms with Gasteiger partial charge in [-0.3, -0.25) is 9.59 Å². The molecule has 0 aliphatic rings. The molecule has 4 nitrogen and oxygen atoms in total. The zero-order valence-corrected chi connectivity index (χ0v) is 16.0. The summed E-state index contributed by atoms with van der Waals surface area (Å²) in [6, 6.07) is 16.5. The van der Waals surface area contributed by atoms with Gasteiger partial charge in [-0.2, -0.15) is 0 Å².